The molecule has 0 saturated heterocycles. The van der Waals surface area contributed by atoms with Crippen molar-refractivity contribution in [2.24, 2.45) is 0 Å². The number of hydrogen-bond acceptors (Lipinski definition) is 4. The Morgan fingerprint density at radius 3 is 2.91 bits per heavy atom. The average molecular weight is 298 g/mol. The first-order chi connectivity index (χ1) is 10.7. The zero-order valence-corrected chi connectivity index (χ0v) is 11.0. The molecule has 1 N–H and O–H groups in total. The second kappa shape index (κ2) is 4.73. The normalized spacial score (nSPS) is 11.2. The highest BCUT2D eigenvalue weighted by molar-refractivity contribution is 5.80. The van der Waals surface area contributed by atoms with Crippen LogP contribution in [-0.2, 0) is 0 Å². The summed E-state index contributed by atoms with van der Waals surface area (Å²) in [5.41, 5.74) is 2.24. The minimum atomic E-state index is -1.01. The van der Waals surface area contributed by atoms with E-state index >= 15 is 0 Å². The number of imidazole rings is 1. The number of hydrogen-bond donors (Lipinski definition) is 1. The zero-order valence-electron chi connectivity index (χ0n) is 11.0. The number of fused-ring (bicyclic) bond motifs is 1. The molecule has 2 heterocycles. The first-order valence-electron chi connectivity index (χ1n) is 6.44. The maximum Gasteiger partial charge on any atom is 0.261 e. The molecule has 4 aromatic rings. The number of nitrogens with one attached hydrogen (secondary N) is 1. The summed E-state index contributed by atoms with van der Waals surface area (Å²) in [4.78, 5) is 11.2. The van der Waals surface area contributed by atoms with E-state index in [4.69, 9.17) is 4.52 Å². The van der Waals surface area contributed by atoms with Crippen molar-refractivity contribution in [2.45, 2.75) is 0 Å². The van der Waals surface area contributed by atoms with E-state index in [9.17, 15) is 8.78 Å². The van der Waals surface area contributed by atoms with Crippen molar-refractivity contribution in [1.82, 2.24) is 20.1 Å². The number of benzene rings is 2. The Hall–Kier alpha value is -3.09. The molecule has 0 aliphatic heterocycles. The van der Waals surface area contributed by atoms with Crippen LogP contribution >= 0.6 is 0 Å². The van der Waals surface area contributed by atoms with Gasteiger partial charge in [-0.2, -0.15) is 4.98 Å². The lowest BCUT2D eigenvalue weighted by Crippen LogP contribution is -1.89. The van der Waals surface area contributed by atoms with Crippen LogP contribution < -0.4 is 0 Å². The molecule has 0 bridgehead atoms. The third kappa shape index (κ3) is 1.95. The second-order valence-corrected chi connectivity index (χ2v) is 4.66. The van der Waals surface area contributed by atoms with E-state index in [0.717, 1.165) is 17.1 Å². The molecular formula is C15H8F2N4O. The van der Waals surface area contributed by atoms with E-state index in [1.165, 1.54) is 12.1 Å². The third-order valence-corrected chi connectivity index (χ3v) is 3.29. The third-order valence-electron chi connectivity index (χ3n) is 3.29. The summed E-state index contributed by atoms with van der Waals surface area (Å²) in [5.74, 6) is -1.76. The summed E-state index contributed by atoms with van der Waals surface area (Å²) in [5, 5.41) is 3.82. The van der Waals surface area contributed by atoms with E-state index in [1.807, 2.05) is 0 Å². The molecule has 2 aromatic carbocycles. The first kappa shape index (κ1) is 12.6. The van der Waals surface area contributed by atoms with E-state index in [2.05, 4.69) is 20.1 Å². The second-order valence-electron chi connectivity index (χ2n) is 4.66. The van der Waals surface area contributed by atoms with Gasteiger partial charge in [-0.1, -0.05) is 11.2 Å². The molecule has 2 aromatic heterocycles. The molecule has 0 atom stereocenters. The Morgan fingerprint density at radius 2 is 2.00 bits per heavy atom. The number of rotatable bonds is 2. The van der Waals surface area contributed by atoms with Crippen LogP contribution in [0.4, 0.5) is 8.78 Å². The van der Waals surface area contributed by atoms with Crippen LogP contribution in [0.2, 0.25) is 0 Å². The van der Waals surface area contributed by atoms with Crippen molar-refractivity contribution in [1.29, 1.82) is 0 Å². The zero-order chi connectivity index (χ0) is 15.1. The molecule has 7 heteroatoms. The van der Waals surface area contributed by atoms with Gasteiger partial charge in [-0.05, 0) is 30.3 Å². The van der Waals surface area contributed by atoms with Crippen molar-refractivity contribution in [3.8, 4) is 22.8 Å². The van der Waals surface area contributed by atoms with Crippen molar-refractivity contribution >= 4 is 11.0 Å². The highest BCUT2D eigenvalue weighted by Crippen LogP contribution is 2.26. The maximum atomic E-state index is 13.7. The molecule has 0 aliphatic rings. The van der Waals surface area contributed by atoms with E-state index < -0.39 is 11.6 Å². The molecule has 4 rings (SSSR count). The van der Waals surface area contributed by atoms with Crippen LogP contribution in [0.5, 0.6) is 0 Å². The lowest BCUT2D eigenvalue weighted by atomic mass is 10.2. The SMILES string of the molecule is Fc1cccc(-c2nc(-c3ccc4nc[nH]c4c3)no2)c1F. The predicted molar refractivity (Wildman–Crippen MR) is 74.7 cm³/mol. The number of H-pyrrole nitrogens is 1. The van der Waals surface area contributed by atoms with E-state index in [1.54, 1.807) is 24.5 Å². The van der Waals surface area contributed by atoms with Gasteiger partial charge in [0.15, 0.2) is 11.6 Å². The molecule has 0 fully saturated rings. The van der Waals surface area contributed by atoms with Crippen molar-refractivity contribution in [3.05, 3.63) is 54.4 Å². The van der Waals surface area contributed by atoms with Gasteiger partial charge >= 0.3 is 0 Å². The molecule has 108 valence electrons. The summed E-state index contributed by atoms with van der Waals surface area (Å²) in [6.45, 7) is 0. The topological polar surface area (TPSA) is 67.6 Å². The lowest BCUT2D eigenvalue weighted by molar-refractivity contribution is 0.427. The minimum absolute atomic E-state index is 0.0682. The van der Waals surface area contributed by atoms with Crippen LogP contribution in [0.3, 0.4) is 0 Å². The van der Waals surface area contributed by atoms with Crippen molar-refractivity contribution < 1.29 is 13.3 Å². The Balaban J connectivity index is 1.79. The minimum Gasteiger partial charge on any atom is -0.345 e. The van der Waals surface area contributed by atoms with E-state index in [-0.39, 0.29) is 17.3 Å². The smallest absolute Gasteiger partial charge is 0.261 e. The predicted octanol–water partition coefficient (Wildman–Crippen LogP) is 3.56. The van der Waals surface area contributed by atoms with Crippen LogP contribution in [0.15, 0.2) is 47.2 Å². The quantitative estimate of drug-likeness (QED) is 0.614. The van der Waals surface area contributed by atoms with Gasteiger partial charge in [0.2, 0.25) is 5.82 Å². The Bertz CT molecular complexity index is 977. The van der Waals surface area contributed by atoms with Crippen LogP contribution in [-0.4, -0.2) is 20.1 Å². The molecule has 0 amide bonds. The van der Waals surface area contributed by atoms with Crippen LogP contribution in [0.25, 0.3) is 33.9 Å². The van der Waals surface area contributed by atoms with Crippen molar-refractivity contribution in [2.75, 3.05) is 0 Å². The van der Waals surface area contributed by atoms with Gasteiger partial charge in [-0.25, -0.2) is 13.8 Å². The van der Waals surface area contributed by atoms with Crippen LogP contribution in [0, 0.1) is 11.6 Å². The molecule has 22 heavy (non-hydrogen) atoms. The molecule has 0 unspecified atom stereocenters. The Labute approximate surface area is 122 Å². The molecule has 0 saturated carbocycles. The highest BCUT2D eigenvalue weighted by Gasteiger charge is 2.17. The summed E-state index contributed by atoms with van der Waals surface area (Å²) >= 11 is 0. The molecule has 0 aliphatic carbocycles. The van der Waals surface area contributed by atoms with Gasteiger partial charge < -0.3 is 9.51 Å². The molecule has 0 spiro atoms. The Morgan fingerprint density at radius 1 is 1.09 bits per heavy atom. The largest absolute Gasteiger partial charge is 0.345 e. The van der Waals surface area contributed by atoms with Crippen molar-refractivity contribution in [3.63, 3.8) is 0 Å². The fraction of sp³-hybridized carbons (Fsp3) is 0. The monoisotopic (exact) mass is 298 g/mol. The van der Waals surface area contributed by atoms with Crippen LogP contribution in [0.1, 0.15) is 0 Å². The van der Waals surface area contributed by atoms with Gasteiger partial charge in [0, 0.05) is 5.56 Å². The number of nitrogens with zero attached hydrogens (tertiary/aromatic N) is 3. The fourth-order valence-electron chi connectivity index (χ4n) is 2.19. The molecule has 0 radical (unpaired) electrons. The summed E-state index contributed by atoms with van der Waals surface area (Å²) < 4.78 is 32.0. The molecular weight excluding hydrogens is 290 g/mol. The maximum absolute atomic E-state index is 13.7. The van der Waals surface area contributed by atoms with Gasteiger partial charge in [0.1, 0.15) is 0 Å². The van der Waals surface area contributed by atoms with Gasteiger partial charge in [-0.3, -0.25) is 0 Å². The summed E-state index contributed by atoms with van der Waals surface area (Å²) in [6.07, 6.45) is 1.58. The summed E-state index contributed by atoms with van der Waals surface area (Å²) in [6, 6.07) is 9.18. The molecule has 5 nitrogen and oxygen atoms in total. The number of aromatic amines is 1. The standard InChI is InChI=1S/C15H8F2N4O/c16-10-3-1-2-9(13(10)17)15-20-14(21-22-15)8-4-5-11-12(6-8)19-7-18-11/h1-7H,(H,18,19). The highest BCUT2D eigenvalue weighted by atomic mass is 19.2. The first-order valence-corrected chi connectivity index (χ1v) is 6.44. The number of halogens is 2. The van der Waals surface area contributed by atoms with E-state index in [0.29, 0.717) is 5.56 Å². The fourth-order valence-corrected chi connectivity index (χ4v) is 2.19. The van der Waals surface area contributed by atoms with Gasteiger partial charge in [0.05, 0.1) is 22.9 Å². The van der Waals surface area contributed by atoms with Gasteiger partial charge in [0.25, 0.3) is 5.89 Å². The summed E-state index contributed by atoms with van der Waals surface area (Å²) in [7, 11) is 0. The average Bonchev–Trinajstić information content (AvgIpc) is 3.17. The lowest BCUT2D eigenvalue weighted by Gasteiger charge is -1.97. The Kier molecular flexibility index (Phi) is 2.72. The van der Waals surface area contributed by atoms with Gasteiger partial charge in [-0.15, -0.1) is 0 Å². The number of aromatic nitrogens is 4.